The molecule has 0 aliphatic rings. The van der Waals surface area contributed by atoms with Gasteiger partial charge in [0.25, 0.3) is 0 Å². The summed E-state index contributed by atoms with van der Waals surface area (Å²) in [5.41, 5.74) is 8.19. The van der Waals surface area contributed by atoms with E-state index in [2.05, 4.69) is 205 Å². The second-order valence-electron chi connectivity index (χ2n) is 13.4. The van der Waals surface area contributed by atoms with Crippen LogP contribution in [0.2, 0.25) is 0 Å². The summed E-state index contributed by atoms with van der Waals surface area (Å²) in [6.07, 6.45) is 0. The van der Waals surface area contributed by atoms with Crippen molar-refractivity contribution in [2.45, 2.75) is 0 Å². The zero-order valence-corrected chi connectivity index (χ0v) is 28.0. The van der Waals surface area contributed by atoms with Gasteiger partial charge in [-0.15, -0.1) is 0 Å². The molecular weight excluding hydrogens is 615 g/mol. The van der Waals surface area contributed by atoms with Crippen molar-refractivity contribution in [2.24, 2.45) is 0 Å². The third kappa shape index (κ3) is 5.10. The summed E-state index contributed by atoms with van der Waals surface area (Å²) >= 11 is 0. The second-order valence-corrected chi connectivity index (χ2v) is 13.4. The molecule has 10 aromatic carbocycles. The Morgan fingerprint density at radius 2 is 0.745 bits per heavy atom. The van der Waals surface area contributed by atoms with Crippen molar-refractivity contribution in [1.82, 2.24) is 0 Å². The minimum Gasteiger partial charge on any atom is -0.310 e. The Kier molecular flexibility index (Phi) is 6.89. The molecule has 10 rings (SSSR count). The maximum atomic E-state index is 2.43. The van der Waals surface area contributed by atoms with E-state index >= 15 is 0 Å². The van der Waals surface area contributed by atoms with Crippen molar-refractivity contribution in [2.75, 3.05) is 4.90 Å². The molecule has 0 amide bonds. The fraction of sp³-hybridized carbons (Fsp3) is 0. The van der Waals surface area contributed by atoms with E-state index in [-0.39, 0.29) is 0 Å². The maximum absolute atomic E-state index is 2.43. The summed E-state index contributed by atoms with van der Waals surface area (Å²) in [5, 5.41) is 12.6. The van der Waals surface area contributed by atoms with Crippen molar-refractivity contribution in [3.05, 3.63) is 200 Å². The first-order chi connectivity index (χ1) is 25.3. The van der Waals surface area contributed by atoms with Gasteiger partial charge in [-0.05, 0) is 113 Å². The van der Waals surface area contributed by atoms with E-state index in [0.717, 1.165) is 17.1 Å². The van der Waals surface area contributed by atoms with Gasteiger partial charge in [0.1, 0.15) is 0 Å². The van der Waals surface area contributed by atoms with E-state index in [0.29, 0.717) is 0 Å². The Hall–Kier alpha value is -6.70. The van der Waals surface area contributed by atoms with Crippen LogP contribution in [0.3, 0.4) is 0 Å². The Morgan fingerprint density at radius 3 is 1.57 bits per heavy atom. The lowest BCUT2D eigenvalue weighted by atomic mass is 9.96. The van der Waals surface area contributed by atoms with Crippen LogP contribution in [0.1, 0.15) is 0 Å². The maximum Gasteiger partial charge on any atom is 0.0546 e. The molecule has 51 heavy (non-hydrogen) atoms. The summed E-state index contributed by atoms with van der Waals surface area (Å²) in [6, 6.07) is 73.2. The van der Waals surface area contributed by atoms with Gasteiger partial charge in [-0.25, -0.2) is 0 Å². The predicted octanol–water partition coefficient (Wildman–Crippen LogP) is 14.3. The van der Waals surface area contributed by atoms with E-state index in [9.17, 15) is 0 Å². The van der Waals surface area contributed by atoms with Crippen molar-refractivity contribution in [3.63, 3.8) is 0 Å². The monoisotopic (exact) mass is 647 g/mol. The van der Waals surface area contributed by atoms with Crippen LogP contribution >= 0.6 is 0 Å². The highest BCUT2D eigenvalue weighted by molar-refractivity contribution is 6.15. The average molecular weight is 648 g/mol. The molecule has 0 radical (unpaired) electrons. The van der Waals surface area contributed by atoms with E-state index < -0.39 is 0 Å². The number of hydrogen-bond donors (Lipinski definition) is 0. The first kappa shape index (κ1) is 29.2. The fourth-order valence-electron chi connectivity index (χ4n) is 7.84. The number of rotatable bonds is 5. The normalized spacial score (nSPS) is 11.5. The lowest BCUT2D eigenvalue weighted by Crippen LogP contribution is -2.10. The lowest BCUT2D eigenvalue weighted by molar-refractivity contribution is 1.30. The van der Waals surface area contributed by atoms with Gasteiger partial charge in [-0.1, -0.05) is 158 Å². The summed E-state index contributed by atoms with van der Waals surface area (Å²) in [4.78, 5) is 2.43. The molecule has 0 aliphatic carbocycles. The minimum atomic E-state index is 1.11. The molecule has 0 spiro atoms. The van der Waals surface area contributed by atoms with Crippen LogP contribution in [0.25, 0.3) is 76.1 Å². The number of fused-ring (bicyclic) bond motifs is 7. The molecule has 0 aromatic heterocycles. The van der Waals surface area contributed by atoms with E-state index in [1.165, 1.54) is 76.1 Å². The van der Waals surface area contributed by atoms with E-state index in [1.807, 2.05) is 0 Å². The van der Waals surface area contributed by atoms with Crippen molar-refractivity contribution >= 4 is 70.9 Å². The van der Waals surface area contributed by atoms with Gasteiger partial charge in [-0.3, -0.25) is 0 Å². The third-order valence-electron chi connectivity index (χ3n) is 10.4. The van der Waals surface area contributed by atoms with Gasteiger partial charge in [0.15, 0.2) is 0 Å². The van der Waals surface area contributed by atoms with Crippen LogP contribution in [0.15, 0.2) is 200 Å². The molecule has 0 unspecified atom stereocenters. The van der Waals surface area contributed by atoms with Gasteiger partial charge >= 0.3 is 0 Å². The first-order valence-corrected chi connectivity index (χ1v) is 17.6. The number of benzene rings is 10. The smallest absolute Gasteiger partial charge is 0.0546 e. The van der Waals surface area contributed by atoms with E-state index in [1.54, 1.807) is 0 Å². The van der Waals surface area contributed by atoms with Crippen LogP contribution in [0.5, 0.6) is 0 Å². The molecule has 0 heterocycles. The number of hydrogen-bond acceptors (Lipinski definition) is 1. The molecule has 0 saturated carbocycles. The number of nitrogens with zero attached hydrogens (tertiary/aromatic N) is 1. The molecule has 0 N–H and O–H groups in total. The second kappa shape index (κ2) is 12.0. The zero-order valence-electron chi connectivity index (χ0n) is 28.0. The highest BCUT2D eigenvalue weighted by Crippen LogP contribution is 2.43. The molecular formula is C50H33N. The Balaban J connectivity index is 1.13. The summed E-state index contributed by atoms with van der Waals surface area (Å²) in [6.45, 7) is 0. The van der Waals surface area contributed by atoms with Crippen LogP contribution in [0.4, 0.5) is 17.1 Å². The molecule has 0 saturated heterocycles. The number of anilines is 3. The first-order valence-electron chi connectivity index (χ1n) is 17.6. The van der Waals surface area contributed by atoms with Gasteiger partial charge in [0, 0.05) is 16.8 Å². The fourth-order valence-corrected chi connectivity index (χ4v) is 7.84. The van der Waals surface area contributed by atoms with Gasteiger partial charge in [0.05, 0.1) is 5.69 Å². The van der Waals surface area contributed by atoms with Crippen molar-refractivity contribution in [1.29, 1.82) is 0 Å². The third-order valence-corrected chi connectivity index (χ3v) is 10.4. The molecule has 10 aromatic rings. The van der Waals surface area contributed by atoms with Crippen molar-refractivity contribution < 1.29 is 0 Å². The SMILES string of the molecule is c1cc(-c2ccc3ccccc3c2)cc(N(c2ccc(-c3ccc4c(ccc5ccccc54)c3)cc2)c2cc3ccccc3c3ccccc23)c1. The van der Waals surface area contributed by atoms with Crippen LogP contribution in [-0.4, -0.2) is 0 Å². The molecule has 0 atom stereocenters. The molecule has 0 bridgehead atoms. The minimum absolute atomic E-state index is 1.11. The highest BCUT2D eigenvalue weighted by atomic mass is 15.1. The molecule has 0 fully saturated rings. The van der Waals surface area contributed by atoms with Crippen LogP contribution in [-0.2, 0) is 0 Å². The van der Waals surface area contributed by atoms with Gasteiger partial charge in [-0.2, -0.15) is 0 Å². The molecule has 1 heteroatoms. The summed E-state index contributed by atoms with van der Waals surface area (Å²) < 4.78 is 0. The Bertz CT molecular complexity index is 2920. The van der Waals surface area contributed by atoms with Crippen molar-refractivity contribution in [3.8, 4) is 22.3 Å². The quantitative estimate of drug-likeness (QED) is 0.168. The average Bonchev–Trinajstić information content (AvgIpc) is 3.21. The van der Waals surface area contributed by atoms with E-state index in [4.69, 9.17) is 0 Å². The lowest BCUT2D eigenvalue weighted by Gasteiger charge is -2.28. The van der Waals surface area contributed by atoms with Crippen LogP contribution in [0, 0.1) is 0 Å². The molecule has 238 valence electrons. The zero-order chi connectivity index (χ0) is 33.7. The van der Waals surface area contributed by atoms with Gasteiger partial charge < -0.3 is 4.90 Å². The van der Waals surface area contributed by atoms with Crippen LogP contribution < -0.4 is 4.90 Å². The summed E-state index contributed by atoms with van der Waals surface area (Å²) in [5.74, 6) is 0. The highest BCUT2D eigenvalue weighted by Gasteiger charge is 2.18. The summed E-state index contributed by atoms with van der Waals surface area (Å²) in [7, 11) is 0. The predicted molar refractivity (Wildman–Crippen MR) is 220 cm³/mol. The standard InChI is InChI=1S/C50H33N/c1-2-12-37-30-40(22-20-34(37)10-1)38-14-9-15-44(32-38)51(50-33-41-13-4-6-17-46(41)48-18-7-8-19-49(48)50)43-27-24-35(25-28-43)39-26-29-47-42(31-39)23-21-36-11-3-5-16-45(36)47/h1-33H. The topological polar surface area (TPSA) is 3.24 Å². The largest absolute Gasteiger partial charge is 0.310 e. The van der Waals surface area contributed by atoms with Gasteiger partial charge in [0.2, 0.25) is 0 Å². The molecule has 1 nitrogen and oxygen atoms in total. The Labute approximate surface area is 297 Å². The Morgan fingerprint density at radius 1 is 0.235 bits per heavy atom. The molecule has 0 aliphatic heterocycles.